The van der Waals surface area contributed by atoms with Crippen LogP contribution in [0.25, 0.3) is 0 Å². The summed E-state index contributed by atoms with van der Waals surface area (Å²) in [6, 6.07) is 6.27. The summed E-state index contributed by atoms with van der Waals surface area (Å²) in [5.41, 5.74) is 0.880. The summed E-state index contributed by atoms with van der Waals surface area (Å²) in [5.74, 6) is 0.509. The number of piperazine rings is 1. The Balaban J connectivity index is 1.99. The fraction of sp³-hybridized carbons (Fsp3) is 0.579. The van der Waals surface area contributed by atoms with Crippen LogP contribution in [0.5, 0.6) is 0 Å². The molecule has 0 aliphatic carbocycles. The van der Waals surface area contributed by atoms with E-state index in [-0.39, 0.29) is 18.0 Å². The highest BCUT2D eigenvalue weighted by atomic mass is 19.1. The quantitative estimate of drug-likeness (QED) is 0.606. The number of hydrogen-bond acceptors (Lipinski definition) is 4. The highest BCUT2D eigenvalue weighted by Crippen LogP contribution is 2.17. The Morgan fingerprint density at radius 2 is 1.81 bits per heavy atom. The first-order valence-corrected chi connectivity index (χ1v) is 9.32. The summed E-state index contributed by atoms with van der Waals surface area (Å²) >= 11 is 0. The molecular weight excluding hydrogens is 351 g/mol. The number of carbonyl (C=O) groups is 1. The van der Waals surface area contributed by atoms with Crippen LogP contribution in [-0.2, 0) is 9.47 Å². The van der Waals surface area contributed by atoms with Crippen molar-refractivity contribution < 1.29 is 18.7 Å². The van der Waals surface area contributed by atoms with E-state index in [2.05, 4.69) is 10.2 Å². The first kappa shape index (κ1) is 21.0. The number of nitrogens with zero attached hydrogens (tertiary/aromatic N) is 3. The Kier molecular flexibility index (Phi) is 8.32. The largest absolute Gasteiger partial charge is 0.450 e. The maximum Gasteiger partial charge on any atom is 0.409 e. The van der Waals surface area contributed by atoms with Gasteiger partial charge in [0.25, 0.3) is 0 Å². The molecule has 7 nitrogen and oxygen atoms in total. The molecule has 1 unspecified atom stereocenters. The molecule has 1 aromatic rings. The molecule has 0 bridgehead atoms. The van der Waals surface area contributed by atoms with Crippen molar-refractivity contribution in [1.29, 1.82) is 0 Å². The highest BCUT2D eigenvalue weighted by Gasteiger charge is 2.24. The van der Waals surface area contributed by atoms with Gasteiger partial charge in [0, 0.05) is 39.8 Å². The molecule has 27 heavy (non-hydrogen) atoms. The van der Waals surface area contributed by atoms with E-state index in [9.17, 15) is 9.18 Å². The first-order valence-electron chi connectivity index (χ1n) is 9.32. The summed E-state index contributed by atoms with van der Waals surface area (Å²) < 4.78 is 23.7. The van der Waals surface area contributed by atoms with Gasteiger partial charge in [0.2, 0.25) is 0 Å². The number of amides is 1. The predicted octanol–water partition coefficient (Wildman–Crippen LogP) is 2.25. The zero-order valence-corrected chi connectivity index (χ0v) is 16.3. The third kappa shape index (κ3) is 6.09. The molecule has 0 spiro atoms. The van der Waals surface area contributed by atoms with Gasteiger partial charge in [-0.2, -0.15) is 0 Å². The van der Waals surface area contributed by atoms with E-state index in [0.29, 0.717) is 39.3 Å². The van der Waals surface area contributed by atoms with Gasteiger partial charge in [-0.15, -0.1) is 0 Å². The molecule has 1 fully saturated rings. The number of halogens is 1. The van der Waals surface area contributed by atoms with Crippen molar-refractivity contribution in [2.75, 3.05) is 53.0 Å². The lowest BCUT2D eigenvalue weighted by Crippen LogP contribution is -2.54. The molecule has 1 amide bonds. The van der Waals surface area contributed by atoms with Crippen molar-refractivity contribution in [2.24, 2.45) is 4.99 Å². The van der Waals surface area contributed by atoms with Crippen LogP contribution >= 0.6 is 0 Å². The molecule has 0 radical (unpaired) electrons. The van der Waals surface area contributed by atoms with Crippen molar-refractivity contribution >= 4 is 12.1 Å². The highest BCUT2D eigenvalue weighted by molar-refractivity contribution is 5.80. The van der Waals surface area contributed by atoms with Gasteiger partial charge in [-0.05, 0) is 31.5 Å². The lowest BCUT2D eigenvalue weighted by atomic mass is 10.1. The maximum atomic E-state index is 13.1. The second kappa shape index (κ2) is 10.7. The maximum absolute atomic E-state index is 13.1. The molecule has 1 aromatic carbocycles. The third-order valence-corrected chi connectivity index (χ3v) is 4.37. The fourth-order valence-electron chi connectivity index (χ4n) is 2.90. The van der Waals surface area contributed by atoms with Gasteiger partial charge in [-0.3, -0.25) is 4.99 Å². The molecule has 0 aromatic heterocycles. The van der Waals surface area contributed by atoms with Crippen molar-refractivity contribution in [3.05, 3.63) is 35.6 Å². The lowest BCUT2D eigenvalue weighted by Gasteiger charge is -2.36. The minimum atomic E-state index is -0.273. The number of rotatable bonds is 6. The van der Waals surface area contributed by atoms with Gasteiger partial charge in [0.05, 0.1) is 13.2 Å². The van der Waals surface area contributed by atoms with Gasteiger partial charge >= 0.3 is 6.09 Å². The summed E-state index contributed by atoms with van der Waals surface area (Å²) in [7, 11) is 1.62. The molecule has 1 atom stereocenters. The number of ether oxygens (including phenoxy) is 2. The Bertz CT molecular complexity index is 616. The average Bonchev–Trinajstić information content (AvgIpc) is 2.69. The first-order chi connectivity index (χ1) is 13.1. The van der Waals surface area contributed by atoms with E-state index in [0.717, 1.165) is 18.1 Å². The molecule has 0 saturated carbocycles. The molecule has 2 rings (SSSR count). The zero-order chi connectivity index (χ0) is 19.6. The van der Waals surface area contributed by atoms with E-state index in [1.165, 1.54) is 12.1 Å². The van der Waals surface area contributed by atoms with Gasteiger partial charge in [-0.1, -0.05) is 12.1 Å². The van der Waals surface area contributed by atoms with Crippen molar-refractivity contribution in [3.63, 3.8) is 0 Å². The molecule has 1 heterocycles. The number of methoxy groups -OCH3 is 1. The normalized spacial score (nSPS) is 16.2. The third-order valence-electron chi connectivity index (χ3n) is 4.37. The average molecular weight is 380 g/mol. The monoisotopic (exact) mass is 380 g/mol. The Morgan fingerprint density at radius 1 is 1.19 bits per heavy atom. The number of benzene rings is 1. The van der Waals surface area contributed by atoms with Crippen molar-refractivity contribution in [1.82, 2.24) is 15.1 Å². The van der Waals surface area contributed by atoms with Gasteiger partial charge in [-0.25, -0.2) is 9.18 Å². The molecule has 1 aliphatic heterocycles. The van der Waals surface area contributed by atoms with E-state index in [1.54, 1.807) is 31.1 Å². The molecule has 150 valence electrons. The summed E-state index contributed by atoms with van der Waals surface area (Å²) in [4.78, 5) is 20.4. The van der Waals surface area contributed by atoms with Crippen molar-refractivity contribution in [2.45, 2.75) is 20.0 Å². The van der Waals surface area contributed by atoms with Crippen LogP contribution in [0.15, 0.2) is 29.3 Å². The number of hydrogen-bond donors (Lipinski definition) is 1. The Labute approximate surface area is 160 Å². The standard InChI is InChI=1S/C19H29FN4O3/c1-4-21-18(23-10-12-24(13-11-23)19(25)27-5-2)22-14-17(26-3)15-6-8-16(20)9-7-15/h6-9,17H,4-5,10-14H2,1-3H3,(H,21,22). The molecule has 8 heteroatoms. The molecule has 1 aliphatic rings. The number of nitrogens with one attached hydrogen (secondary N) is 1. The second-order valence-corrected chi connectivity index (χ2v) is 6.14. The van der Waals surface area contributed by atoms with Crippen LogP contribution in [0.1, 0.15) is 25.5 Å². The van der Waals surface area contributed by atoms with Crippen LogP contribution in [0.4, 0.5) is 9.18 Å². The van der Waals surface area contributed by atoms with E-state index < -0.39 is 0 Å². The topological polar surface area (TPSA) is 66.4 Å². The van der Waals surface area contributed by atoms with E-state index >= 15 is 0 Å². The van der Waals surface area contributed by atoms with Gasteiger partial charge in [0.15, 0.2) is 5.96 Å². The van der Waals surface area contributed by atoms with Crippen molar-refractivity contribution in [3.8, 4) is 0 Å². The second-order valence-electron chi connectivity index (χ2n) is 6.14. The molecule has 1 saturated heterocycles. The van der Waals surface area contributed by atoms with E-state index in [4.69, 9.17) is 14.5 Å². The van der Waals surface area contributed by atoms with Crippen LogP contribution in [0, 0.1) is 5.82 Å². The lowest BCUT2D eigenvalue weighted by molar-refractivity contribution is 0.0910. The SMILES string of the molecule is CCNC(=NCC(OC)c1ccc(F)cc1)N1CCN(C(=O)OCC)CC1. The Morgan fingerprint density at radius 3 is 2.37 bits per heavy atom. The minimum absolute atomic E-state index is 0.250. The summed E-state index contributed by atoms with van der Waals surface area (Å²) in [6.07, 6.45) is -0.519. The smallest absolute Gasteiger partial charge is 0.409 e. The Hall–Kier alpha value is -2.35. The molecule has 1 N–H and O–H groups in total. The van der Waals surface area contributed by atoms with Gasteiger partial charge < -0.3 is 24.6 Å². The van der Waals surface area contributed by atoms with Crippen LogP contribution in [0.3, 0.4) is 0 Å². The number of carbonyl (C=O) groups excluding carboxylic acids is 1. The zero-order valence-electron chi connectivity index (χ0n) is 16.3. The van der Waals surface area contributed by atoms with Crippen LogP contribution in [0.2, 0.25) is 0 Å². The summed E-state index contributed by atoms with van der Waals surface area (Å²) in [6.45, 7) is 7.90. The molecular formula is C19H29FN4O3. The predicted molar refractivity (Wildman–Crippen MR) is 102 cm³/mol. The van der Waals surface area contributed by atoms with E-state index in [1.807, 2.05) is 6.92 Å². The fourth-order valence-corrected chi connectivity index (χ4v) is 2.90. The number of aliphatic imine (C=N–C) groups is 1. The minimum Gasteiger partial charge on any atom is -0.450 e. The number of guanidine groups is 1. The van der Waals surface area contributed by atoms with Crippen LogP contribution in [-0.4, -0.2) is 74.8 Å². The summed E-state index contributed by atoms with van der Waals surface area (Å²) in [5, 5.41) is 3.29. The van der Waals surface area contributed by atoms with Gasteiger partial charge in [0.1, 0.15) is 11.9 Å². The van der Waals surface area contributed by atoms with Crippen LogP contribution < -0.4 is 5.32 Å².